The van der Waals surface area contributed by atoms with Gasteiger partial charge in [-0.3, -0.25) is 4.79 Å². The molecule has 0 radical (unpaired) electrons. The van der Waals surface area contributed by atoms with E-state index in [1.54, 1.807) is 0 Å². The minimum Gasteiger partial charge on any atom is -0.368 e. The van der Waals surface area contributed by atoms with Crippen LogP contribution < -0.4 is 15.1 Å². The first-order valence-corrected chi connectivity index (χ1v) is 8.43. The summed E-state index contributed by atoms with van der Waals surface area (Å²) < 4.78 is 2.04. The highest BCUT2D eigenvalue weighted by molar-refractivity contribution is 5.79. The Balaban J connectivity index is 1.44. The van der Waals surface area contributed by atoms with E-state index in [0.29, 0.717) is 13.0 Å². The smallest absolute Gasteiger partial charge is 0.227 e. The highest BCUT2D eigenvalue weighted by atomic mass is 16.1. The molecule has 4 rings (SSSR count). The zero-order chi connectivity index (χ0) is 16.5. The standard InChI is InChI=1S/C17H22N6O/c1-21-16(13-11-15(24)18-12-13)19-20-17(21)23-9-7-22(8-10-23)14-5-3-2-4-6-14/h2-6,13H,7-12H2,1H3,(H,18,24). The van der Waals surface area contributed by atoms with Crippen LogP contribution in [0.3, 0.4) is 0 Å². The number of para-hydroxylation sites is 1. The molecular formula is C17H22N6O. The van der Waals surface area contributed by atoms with Gasteiger partial charge in [0.1, 0.15) is 5.82 Å². The molecule has 126 valence electrons. The van der Waals surface area contributed by atoms with Crippen molar-refractivity contribution in [2.45, 2.75) is 12.3 Å². The summed E-state index contributed by atoms with van der Waals surface area (Å²) in [5.41, 5.74) is 1.27. The predicted octanol–water partition coefficient (Wildman–Crippen LogP) is 0.745. The van der Waals surface area contributed by atoms with Gasteiger partial charge in [-0.15, -0.1) is 10.2 Å². The van der Waals surface area contributed by atoms with Crippen LogP contribution in [-0.4, -0.2) is 53.4 Å². The molecule has 2 aliphatic heterocycles. The first-order chi connectivity index (χ1) is 11.7. The molecule has 7 heteroatoms. The molecule has 0 saturated carbocycles. The molecule has 2 saturated heterocycles. The number of anilines is 2. The number of nitrogens with one attached hydrogen (secondary N) is 1. The molecule has 3 heterocycles. The van der Waals surface area contributed by atoms with Crippen molar-refractivity contribution < 1.29 is 4.79 Å². The first-order valence-electron chi connectivity index (χ1n) is 8.43. The molecule has 1 amide bonds. The number of rotatable bonds is 3. The van der Waals surface area contributed by atoms with Gasteiger partial charge in [-0.2, -0.15) is 0 Å². The van der Waals surface area contributed by atoms with E-state index >= 15 is 0 Å². The van der Waals surface area contributed by atoms with Crippen molar-refractivity contribution in [2.24, 2.45) is 7.05 Å². The number of carbonyl (C=O) groups is 1. The number of amides is 1. The van der Waals surface area contributed by atoms with Crippen molar-refractivity contribution in [3.8, 4) is 0 Å². The van der Waals surface area contributed by atoms with Gasteiger partial charge in [0.05, 0.1) is 0 Å². The van der Waals surface area contributed by atoms with Crippen LogP contribution in [0.25, 0.3) is 0 Å². The molecule has 1 atom stereocenters. The van der Waals surface area contributed by atoms with Crippen LogP contribution in [0.5, 0.6) is 0 Å². The summed E-state index contributed by atoms with van der Waals surface area (Å²) in [4.78, 5) is 16.1. The van der Waals surface area contributed by atoms with E-state index in [4.69, 9.17) is 0 Å². The number of hydrogen-bond acceptors (Lipinski definition) is 5. The molecule has 0 bridgehead atoms. The number of benzene rings is 1. The number of carbonyl (C=O) groups excluding carboxylic acids is 1. The molecule has 2 aliphatic rings. The third-order valence-electron chi connectivity index (χ3n) is 4.91. The molecule has 0 spiro atoms. The number of aromatic nitrogens is 3. The average molecular weight is 326 g/mol. The second-order valence-electron chi connectivity index (χ2n) is 6.43. The van der Waals surface area contributed by atoms with Gasteiger partial charge in [-0.1, -0.05) is 18.2 Å². The van der Waals surface area contributed by atoms with E-state index in [1.807, 2.05) is 17.7 Å². The lowest BCUT2D eigenvalue weighted by Gasteiger charge is -2.36. The maximum atomic E-state index is 11.4. The first kappa shape index (κ1) is 15.0. The fraction of sp³-hybridized carbons (Fsp3) is 0.471. The van der Waals surface area contributed by atoms with E-state index in [2.05, 4.69) is 49.6 Å². The highest BCUT2D eigenvalue weighted by Crippen LogP contribution is 2.25. The summed E-state index contributed by atoms with van der Waals surface area (Å²) in [6.45, 7) is 4.43. The summed E-state index contributed by atoms with van der Waals surface area (Å²) in [6, 6.07) is 10.5. The SMILES string of the molecule is Cn1c(C2CNC(=O)C2)nnc1N1CCN(c2ccccc2)CC1. The van der Waals surface area contributed by atoms with Crippen LogP contribution in [0, 0.1) is 0 Å². The Bertz CT molecular complexity index is 720. The highest BCUT2D eigenvalue weighted by Gasteiger charge is 2.29. The van der Waals surface area contributed by atoms with E-state index in [-0.39, 0.29) is 11.8 Å². The second kappa shape index (κ2) is 6.14. The summed E-state index contributed by atoms with van der Waals surface area (Å²) >= 11 is 0. The topological polar surface area (TPSA) is 66.3 Å². The quantitative estimate of drug-likeness (QED) is 0.901. The van der Waals surface area contributed by atoms with Crippen LogP contribution in [0.15, 0.2) is 30.3 Å². The monoisotopic (exact) mass is 326 g/mol. The molecule has 2 aromatic rings. The van der Waals surface area contributed by atoms with Crippen LogP contribution >= 0.6 is 0 Å². The van der Waals surface area contributed by atoms with Crippen molar-refractivity contribution in [3.63, 3.8) is 0 Å². The summed E-state index contributed by atoms with van der Waals surface area (Å²) in [5.74, 6) is 2.03. The normalized spacial score (nSPS) is 21.2. The van der Waals surface area contributed by atoms with Crippen LogP contribution in [0.4, 0.5) is 11.6 Å². The molecular weight excluding hydrogens is 304 g/mol. The van der Waals surface area contributed by atoms with Gasteiger partial charge in [0.2, 0.25) is 11.9 Å². The summed E-state index contributed by atoms with van der Waals surface area (Å²) in [7, 11) is 2.00. The fourth-order valence-corrected chi connectivity index (χ4v) is 3.55. The summed E-state index contributed by atoms with van der Waals surface area (Å²) in [6.07, 6.45) is 0.508. The Morgan fingerprint density at radius 2 is 1.75 bits per heavy atom. The number of piperazine rings is 1. The van der Waals surface area contributed by atoms with Gasteiger partial charge >= 0.3 is 0 Å². The second-order valence-corrected chi connectivity index (χ2v) is 6.43. The Kier molecular flexibility index (Phi) is 3.84. The van der Waals surface area contributed by atoms with Crippen molar-refractivity contribution in [1.82, 2.24) is 20.1 Å². The third-order valence-corrected chi connectivity index (χ3v) is 4.91. The molecule has 1 N–H and O–H groups in total. The van der Waals surface area contributed by atoms with Crippen LogP contribution in [0.2, 0.25) is 0 Å². The van der Waals surface area contributed by atoms with Crippen molar-refractivity contribution in [2.75, 3.05) is 42.5 Å². The van der Waals surface area contributed by atoms with Gasteiger partial charge < -0.3 is 19.7 Å². The minimum absolute atomic E-state index is 0.0982. The Hall–Kier alpha value is -2.57. The van der Waals surface area contributed by atoms with Gasteiger partial charge in [0.15, 0.2) is 0 Å². The lowest BCUT2D eigenvalue weighted by atomic mass is 10.1. The third kappa shape index (κ3) is 2.70. The molecule has 1 aromatic heterocycles. The minimum atomic E-state index is 0.0982. The van der Waals surface area contributed by atoms with Crippen LogP contribution in [-0.2, 0) is 11.8 Å². The Morgan fingerprint density at radius 3 is 2.42 bits per heavy atom. The molecule has 0 aliphatic carbocycles. The van der Waals surface area contributed by atoms with E-state index in [9.17, 15) is 4.79 Å². The summed E-state index contributed by atoms with van der Waals surface area (Å²) in [5, 5.41) is 11.6. The fourth-order valence-electron chi connectivity index (χ4n) is 3.55. The lowest BCUT2D eigenvalue weighted by Crippen LogP contribution is -2.47. The average Bonchev–Trinajstić information content (AvgIpc) is 3.21. The zero-order valence-electron chi connectivity index (χ0n) is 13.9. The predicted molar refractivity (Wildman–Crippen MR) is 92.2 cm³/mol. The maximum Gasteiger partial charge on any atom is 0.227 e. The zero-order valence-corrected chi connectivity index (χ0v) is 13.9. The van der Waals surface area contributed by atoms with Gasteiger partial charge in [0, 0.05) is 57.8 Å². The number of hydrogen-bond donors (Lipinski definition) is 1. The van der Waals surface area contributed by atoms with E-state index < -0.39 is 0 Å². The maximum absolute atomic E-state index is 11.4. The Labute approximate surface area is 141 Å². The molecule has 7 nitrogen and oxygen atoms in total. The van der Waals surface area contributed by atoms with Gasteiger partial charge in [-0.05, 0) is 12.1 Å². The van der Waals surface area contributed by atoms with Crippen LogP contribution in [0.1, 0.15) is 18.2 Å². The van der Waals surface area contributed by atoms with E-state index in [1.165, 1.54) is 5.69 Å². The van der Waals surface area contributed by atoms with Crippen molar-refractivity contribution in [3.05, 3.63) is 36.2 Å². The molecule has 1 unspecified atom stereocenters. The largest absolute Gasteiger partial charge is 0.368 e. The molecule has 24 heavy (non-hydrogen) atoms. The van der Waals surface area contributed by atoms with Gasteiger partial charge in [-0.25, -0.2) is 0 Å². The van der Waals surface area contributed by atoms with Crippen molar-refractivity contribution in [1.29, 1.82) is 0 Å². The van der Waals surface area contributed by atoms with Crippen molar-refractivity contribution >= 4 is 17.5 Å². The van der Waals surface area contributed by atoms with E-state index in [0.717, 1.165) is 38.0 Å². The molecule has 2 fully saturated rings. The van der Waals surface area contributed by atoms with Gasteiger partial charge in [0.25, 0.3) is 0 Å². The lowest BCUT2D eigenvalue weighted by molar-refractivity contribution is -0.119. The number of nitrogens with zero attached hydrogens (tertiary/aromatic N) is 5. The molecule has 1 aromatic carbocycles. The Morgan fingerprint density at radius 1 is 1.04 bits per heavy atom.